The van der Waals surface area contributed by atoms with Gasteiger partial charge >= 0.3 is 23.3 Å². The summed E-state index contributed by atoms with van der Waals surface area (Å²) in [6, 6.07) is 8.22. The van der Waals surface area contributed by atoms with Crippen LogP contribution in [0.1, 0.15) is 13.8 Å². The average molecular weight is 349 g/mol. The summed E-state index contributed by atoms with van der Waals surface area (Å²) in [5.41, 5.74) is -1.15. The second kappa shape index (κ2) is 8.13. The molecule has 0 spiro atoms. The lowest BCUT2D eigenvalue weighted by Crippen LogP contribution is -2.33. The molecular formula is C16H19N3O6. The van der Waals surface area contributed by atoms with Gasteiger partial charge in [0.05, 0.1) is 18.9 Å². The highest BCUT2D eigenvalue weighted by molar-refractivity contribution is 5.70. The molecule has 0 aliphatic rings. The molecule has 0 aliphatic carbocycles. The molecule has 0 atom stereocenters. The number of esters is 2. The molecule has 2 aromatic rings. The number of carbonyl (C=O) groups is 2. The molecule has 2 rings (SSSR count). The van der Waals surface area contributed by atoms with Gasteiger partial charge in [-0.2, -0.15) is 0 Å². The lowest BCUT2D eigenvalue weighted by molar-refractivity contribution is -0.147. The first-order chi connectivity index (χ1) is 12.0. The predicted molar refractivity (Wildman–Crippen MR) is 87.6 cm³/mol. The van der Waals surface area contributed by atoms with E-state index < -0.39 is 36.4 Å². The van der Waals surface area contributed by atoms with Crippen LogP contribution in [0.5, 0.6) is 0 Å². The molecule has 0 fully saturated rings. The van der Waals surface area contributed by atoms with Gasteiger partial charge < -0.3 is 9.47 Å². The Hall–Kier alpha value is -3.10. The van der Waals surface area contributed by atoms with E-state index >= 15 is 0 Å². The van der Waals surface area contributed by atoms with Gasteiger partial charge in [0.2, 0.25) is 0 Å². The fourth-order valence-corrected chi connectivity index (χ4v) is 2.28. The normalized spacial score (nSPS) is 10.5. The molecule has 0 unspecified atom stereocenters. The molecule has 1 aromatic carbocycles. The maximum absolute atomic E-state index is 12.6. The van der Waals surface area contributed by atoms with Crippen molar-refractivity contribution >= 4 is 11.9 Å². The molecule has 0 saturated heterocycles. The van der Waals surface area contributed by atoms with E-state index in [1.165, 1.54) is 0 Å². The molecule has 0 radical (unpaired) electrons. The molecule has 0 amide bonds. The van der Waals surface area contributed by atoms with Gasteiger partial charge in [-0.05, 0) is 26.0 Å². The SMILES string of the molecule is CCOC(=O)Cn1c(=O)n(-c2ccccc2)c(=O)n1CC(=O)OCC. The summed E-state index contributed by atoms with van der Waals surface area (Å²) >= 11 is 0. The van der Waals surface area contributed by atoms with Crippen molar-refractivity contribution in [3.63, 3.8) is 0 Å². The Morgan fingerprint density at radius 1 is 0.840 bits per heavy atom. The number of para-hydroxylation sites is 1. The van der Waals surface area contributed by atoms with Crippen molar-refractivity contribution in [2.75, 3.05) is 13.2 Å². The Labute approximate surface area is 143 Å². The van der Waals surface area contributed by atoms with Gasteiger partial charge in [-0.25, -0.2) is 23.5 Å². The van der Waals surface area contributed by atoms with Crippen LogP contribution < -0.4 is 11.4 Å². The molecule has 1 aromatic heterocycles. The number of aromatic nitrogens is 3. The molecule has 0 aliphatic heterocycles. The van der Waals surface area contributed by atoms with E-state index in [0.29, 0.717) is 5.69 Å². The van der Waals surface area contributed by atoms with Crippen LogP contribution in [0.4, 0.5) is 0 Å². The Kier molecular flexibility index (Phi) is 5.93. The van der Waals surface area contributed by atoms with E-state index in [9.17, 15) is 19.2 Å². The second-order valence-electron chi connectivity index (χ2n) is 4.96. The highest BCUT2D eigenvalue weighted by atomic mass is 16.5. The number of hydrogen-bond acceptors (Lipinski definition) is 6. The van der Waals surface area contributed by atoms with Crippen LogP contribution in [0.2, 0.25) is 0 Å². The fraction of sp³-hybridized carbons (Fsp3) is 0.375. The highest BCUT2D eigenvalue weighted by Gasteiger charge is 2.21. The van der Waals surface area contributed by atoms with Gasteiger partial charge in [0.25, 0.3) is 0 Å². The van der Waals surface area contributed by atoms with Gasteiger partial charge in [0.1, 0.15) is 13.1 Å². The minimum absolute atomic E-state index is 0.134. The predicted octanol–water partition coefficient (Wildman–Crippen LogP) is -0.0731. The van der Waals surface area contributed by atoms with E-state index in [2.05, 4.69) is 0 Å². The lowest BCUT2D eigenvalue weighted by atomic mass is 10.3. The molecule has 0 saturated carbocycles. The molecule has 25 heavy (non-hydrogen) atoms. The van der Waals surface area contributed by atoms with E-state index in [1.54, 1.807) is 44.2 Å². The van der Waals surface area contributed by atoms with Crippen LogP contribution in [0.15, 0.2) is 39.9 Å². The molecule has 134 valence electrons. The van der Waals surface area contributed by atoms with Gasteiger partial charge in [-0.3, -0.25) is 9.59 Å². The quantitative estimate of drug-likeness (QED) is 0.648. The van der Waals surface area contributed by atoms with Crippen molar-refractivity contribution in [2.45, 2.75) is 26.9 Å². The summed E-state index contributed by atoms with van der Waals surface area (Å²) in [7, 11) is 0. The summed E-state index contributed by atoms with van der Waals surface area (Å²) < 4.78 is 12.3. The number of carbonyl (C=O) groups excluding carboxylic acids is 2. The Morgan fingerprint density at radius 2 is 1.28 bits per heavy atom. The maximum atomic E-state index is 12.6. The van der Waals surface area contributed by atoms with Gasteiger partial charge in [0, 0.05) is 0 Å². The minimum Gasteiger partial charge on any atom is -0.465 e. The third-order valence-corrected chi connectivity index (χ3v) is 3.30. The Bertz CT molecular complexity index is 811. The van der Waals surface area contributed by atoms with Crippen molar-refractivity contribution in [3.05, 3.63) is 51.3 Å². The van der Waals surface area contributed by atoms with Crippen molar-refractivity contribution in [1.82, 2.24) is 13.9 Å². The van der Waals surface area contributed by atoms with Gasteiger partial charge in [-0.1, -0.05) is 18.2 Å². The average Bonchev–Trinajstić information content (AvgIpc) is 2.80. The zero-order valence-electron chi connectivity index (χ0n) is 14.0. The van der Waals surface area contributed by atoms with Crippen molar-refractivity contribution in [3.8, 4) is 5.69 Å². The third-order valence-electron chi connectivity index (χ3n) is 3.30. The monoisotopic (exact) mass is 349 g/mol. The minimum atomic E-state index is -0.742. The van der Waals surface area contributed by atoms with Crippen LogP contribution in [0.3, 0.4) is 0 Å². The number of rotatable bonds is 7. The molecule has 0 bridgehead atoms. The molecule has 9 nitrogen and oxygen atoms in total. The fourth-order valence-electron chi connectivity index (χ4n) is 2.28. The van der Waals surface area contributed by atoms with Crippen molar-refractivity contribution in [2.24, 2.45) is 0 Å². The Morgan fingerprint density at radius 3 is 1.68 bits per heavy atom. The van der Waals surface area contributed by atoms with Crippen LogP contribution in [0.25, 0.3) is 5.69 Å². The smallest absolute Gasteiger partial charge is 0.352 e. The van der Waals surface area contributed by atoms with E-state index in [1.807, 2.05) is 0 Å². The first-order valence-corrected chi connectivity index (χ1v) is 7.78. The molecule has 1 heterocycles. The largest absolute Gasteiger partial charge is 0.465 e. The topological polar surface area (TPSA) is 102 Å². The summed E-state index contributed by atoms with van der Waals surface area (Å²) in [5.74, 6) is -1.38. The summed E-state index contributed by atoms with van der Waals surface area (Å²) in [6.07, 6.45) is 0. The van der Waals surface area contributed by atoms with Crippen LogP contribution in [0, 0.1) is 0 Å². The standard InChI is InChI=1S/C16H19N3O6/c1-3-24-13(20)10-17-15(22)19(12-8-6-5-7-9-12)16(23)18(17)11-14(21)25-4-2/h5-9H,3-4,10-11H2,1-2H3. The van der Waals surface area contributed by atoms with Gasteiger partial charge in [-0.15, -0.1) is 0 Å². The van der Waals surface area contributed by atoms with Gasteiger partial charge in [0.15, 0.2) is 0 Å². The molecular weight excluding hydrogens is 330 g/mol. The number of hydrogen-bond donors (Lipinski definition) is 0. The number of nitrogens with zero attached hydrogens (tertiary/aromatic N) is 3. The zero-order chi connectivity index (χ0) is 18.4. The highest BCUT2D eigenvalue weighted by Crippen LogP contribution is 2.01. The van der Waals surface area contributed by atoms with Crippen LogP contribution in [-0.2, 0) is 32.2 Å². The summed E-state index contributed by atoms with van der Waals surface area (Å²) in [6.45, 7) is 2.55. The first-order valence-electron chi connectivity index (χ1n) is 7.78. The third kappa shape index (κ3) is 4.06. The van der Waals surface area contributed by atoms with Crippen LogP contribution >= 0.6 is 0 Å². The van der Waals surface area contributed by atoms with Crippen LogP contribution in [-0.4, -0.2) is 39.1 Å². The molecule has 9 heteroatoms. The second-order valence-corrected chi connectivity index (χ2v) is 4.96. The van der Waals surface area contributed by atoms with Crippen molar-refractivity contribution in [1.29, 1.82) is 0 Å². The summed E-state index contributed by atoms with van der Waals surface area (Å²) in [5, 5.41) is 0. The number of benzene rings is 1. The number of ether oxygens (including phenoxy) is 2. The lowest BCUT2D eigenvalue weighted by Gasteiger charge is -2.08. The van der Waals surface area contributed by atoms with Crippen molar-refractivity contribution < 1.29 is 19.1 Å². The van der Waals surface area contributed by atoms with E-state index in [-0.39, 0.29) is 13.2 Å². The maximum Gasteiger partial charge on any atom is 0.352 e. The zero-order valence-corrected chi connectivity index (χ0v) is 14.0. The Balaban J connectivity index is 2.55. The first kappa shape index (κ1) is 18.2. The van der Waals surface area contributed by atoms with E-state index in [0.717, 1.165) is 13.9 Å². The molecule has 0 N–H and O–H groups in total. The summed E-state index contributed by atoms with van der Waals surface area (Å²) in [4.78, 5) is 48.8. The van der Waals surface area contributed by atoms with E-state index in [4.69, 9.17) is 9.47 Å².